The third kappa shape index (κ3) is 3.20. The van der Waals surface area contributed by atoms with Crippen LogP contribution in [0.25, 0.3) is 0 Å². The highest BCUT2D eigenvalue weighted by atomic mass is 16.5. The maximum absolute atomic E-state index is 11.8. The molecule has 0 aromatic carbocycles. The van der Waals surface area contributed by atoms with Gasteiger partial charge < -0.3 is 14.4 Å². The van der Waals surface area contributed by atoms with Gasteiger partial charge in [-0.3, -0.25) is 9.59 Å². The Bertz CT molecular complexity index is 254. The normalized spacial score (nSPS) is 25.0. The van der Waals surface area contributed by atoms with Gasteiger partial charge in [0.25, 0.3) is 0 Å². The van der Waals surface area contributed by atoms with E-state index < -0.39 is 5.97 Å². The summed E-state index contributed by atoms with van der Waals surface area (Å²) in [5.74, 6) is -0.572. The summed E-state index contributed by atoms with van der Waals surface area (Å²) in [5, 5.41) is 0. The average Bonchev–Trinajstić information content (AvgIpc) is 2.63. The smallest absolute Gasteiger partial charge is 0.325 e. The molecule has 1 fully saturated rings. The lowest BCUT2D eigenvalue weighted by atomic mass is 10.1. The molecule has 0 aliphatic carbocycles. The fourth-order valence-electron chi connectivity index (χ4n) is 1.64. The summed E-state index contributed by atoms with van der Waals surface area (Å²) in [6.45, 7) is 2.39. The Morgan fingerprint density at radius 2 is 2.20 bits per heavy atom. The zero-order chi connectivity index (χ0) is 11.4. The summed E-state index contributed by atoms with van der Waals surface area (Å²) in [4.78, 5) is 24.1. The summed E-state index contributed by atoms with van der Waals surface area (Å²) < 4.78 is 9.80. The van der Waals surface area contributed by atoms with Gasteiger partial charge in [-0.2, -0.15) is 0 Å². The van der Waals surface area contributed by atoms with Crippen LogP contribution in [0.5, 0.6) is 0 Å². The van der Waals surface area contributed by atoms with Crippen molar-refractivity contribution in [1.29, 1.82) is 0 Å². The molecule has 0 aromatic heterocycles. The highest BCUT2D eigenvalue weighted by Crippen LogP contribution is 2.20. The van der Waals surface area contributed by atoms with Gasteiger partial charge in [0.2, 0.25) is 5.91 Å². The zero-order valence-corrected chi connectivity index (χ0v) is 9.36. The molecule has 5 heteroatoms. The predicted octanol–water partition coefficient (Wildman–Crippen LogP) is 0.0428. The van der Waals surface area contributed by atoms with Crippen molar-refractivity contribution in [2.24, 2.45) is 5.92 Å². The van der Waals surface area contributed by atoms with Crippen molar-refractivity contribution in [3.63, 3.8) is 0 Å². The van der Waals surface area contributed by atoms with E-state index in [1.807, 2.05) is 6.92 Å². The minimum Gasteiger partial charge on any atom is -0.468 e. The number of nitrogens with zero attached hydrogens (tertiary/aromatic N) is 1. The molecule has 1 saturated heterocycles. The minimum atomic E-state index is -0.405. The summed E-state index contributed by atoms with van der Waals surface area (Å²) in [7, 11) is 2.91. The van der Waals surface area contributed by atoms with Crippen molar-refractivity contribution in [1.82, 2.24) is 4.90 Å². The van der Waals surface area contributed by atoms with Crippen LogP contribution >= 0.6 is 0 Å². The number of hydrogen-bond acceptors (Lipinski definition) is 4. The molecule has 0 spiro atoms. The second-order valence-corrected chi connectivity index (χ2v) is 3.85. The van der Waals surface area contributed by atoms with Gasteiger partial charge in [-0.25, -0.2) is 0 Å². The molecule has 1 aliphatic heterocycles. The highest BCUT2D eigenvalue weighted by molar-refractivity contribution is 5.83. The predicted molar refractivity (Wildman–Crippen MR) is 53.2 cm³/mol. The monoisotopic (exact) mass is 215 g/mol. The SMILES string of the molecule is COC(=O)CN(C)C(=O)C1COC(C)C1. The number of methoxy groups -OCH3 is 1. The van der Waals surface area contributed by atoms with Crippen LogP contribution < -0.4 is 0 Å². The van der Waals surface area contributed by atoms with Crippen LogP contribution in [0.4, 0.5) is 0 Å². The van der Waals surface area contributed by atoms with Gasteiger partial charge >= 0.3 is 5.97 Å². The molecule has 0 bridgehead atoms. The number of likely N-dealkylation sites (N-methyl/N-ethyl adjacent to an activating group) is 1. The lowest BCUT2D eigenvalue weighted by molar-refractivity contribution is -0.147. The van der Waals surface area contributed by atoms with E-state index in [9.17, 15) is 9.59 Å². The first-order valence-corrected chi connectivity index (χ1v) is 4.98. The number of amides is 1. The van der Waals surface area contributed by atoms with Crippen LogP contribution in [0, 0.1) is 5.92 Å². The molecule has 0 N–H and O–H groups in total. The lowest BCUT2D eigenvalue weighted by Crippen LogP contribution is -2.37. The van der Waals surface area contributed by atoms with E-state index >= 15 is 0 Å². The van der Waals surface area contributed by atoms with Gasteiger partial charge in [-0.1, -0.05) is 0 Å². The molecule has 0 aromatic rings. The van der Waals surface area contributed by atoms with Crippen LogP contribution in [0.15, 0.2) is 0 Å². The topological polar surface area (TPSA) is 55.8 Å². The van der Waals surface area contributed by atoms with Gasteiger partial charge in [0.15, 0.2) is 0 Å². The van der Waals surface area contributed by atoms with E-state index in [4.69, 9.17) is 4.74 Å². The Labute approximate surface area is 89.3 Å². The average molecular weight is 215 g/mol. The van der Waals surface area contributed by atoms with Crippen LogP contribution in [-0.2, 0) is 19.1 Å². The molecule has 1 rings (SSSR count). The van der Waals surface area contributed by atoms with Crippen molar-refractivity contribution in [2.75, 3.05) is 27.3 Å². The van der Waals surface area contributed by atoms with E-state index in [0.717, 1.165) is 6.42 Å². The van der Waals surface area contributed by atoms with E-state index in [1.165, 1.54) is 12.0 Å². The molecule has 1 amide bonds. The first-order chi connectivity index (χ1) is 7.04. The standard InChI is InChI=1S/C10H17NO4/c1-7-4-8(6-15-7)10(13)11(2)5-9(12)14-3/h7-8H,4-6H2,1-3H3. The number of esters is 1. The molecular weight excluding hydrogens is 198 g/mol. The van der Waals surface area contributed by atoms with Gasteiger partial charge in [0.05, 0.1) is 25.7 Å². The van der Waals surface area contributed by atoms with Crippen molar-refractivity contribution >= 4 is 11.9 Å². The van der Waals surface area contributed by atoms with E-state index in [1.54, 1.807) is 7.05 Å². The maximum Gasteiger partial charge on any atom is 0.325 e. The Kier molecular flexibility index (Phi) is 4.08. The third-order valence-corrected chi connectivity index (χ3v) is 2.52. The lowest BCUT2D eigenvalue weighted by Gasteiger charge is -2.18. The summed E-state index contributed by atoms with van der Waals surface area (Å²) >= 11 is 0. The number of ether oxygens (including phenoxy) is 2. The van der Waals surface area contributed by atoms with Crippen molar-refractivity contribution in [3.05, 3.63) is 0 Å². The Morgan fingerprint density at radius 1 is 1.53 bits per heavy atom. The molecule has 1 aliphatic rings. The summed E-state index contributed by atoms with van der Waals surface area (Å²) in [5.41, 5.74) is 0. The fraction of sp³-hybridized carbons (Fsp3) is 0.800. The van der Waals surface area contributed by atoms with Gasteiger partial charge in [0.1, 0.15) is 6.54 Å². The van der Waals surface area contributed by atoms with Gasteiger partial charge in [-0.05, 0) is 13.3 Å². The van der Waals surface area contributed by atoms with Crippen molar-refractivity contribution in [2.45, 2.75) is 19.4 Å². The van der Waals surface area contributed by atoms with Gasteiger partial charge in [0, 0.05) is 7.05 Å². The number of carbonyl (C=O) groups is 2. The zero-order valence-electron chi connectivity index (χ0n) is 9.36. The number of rotatable bonds is 3. The first-order valence-electron chi connectivity index (χ1n) is 4.98. The molecular formula is C10H17NO4. The Balaban J connectivity index is 2.42. The van der Waals surface area contributed by atoms with Crippen molar-refractivity contribution in [3.8, 4) is 0 Å². The first kappa shape index (κ1) is 12.0. The molecule has 0 radical (unpaired) electrons. The largest absolute Gasteiger partial charge is 0.468 e. The Morgan fingerprint density at radius 3 is 2.67 bits per heavy atom. The molecule has 15 heavy (non-hydrogen) atoms. The molecule has 2 atom stereocenters. The van der Waals surface area contributed by atoms with E-state index in [-0.39, 0.29) is 24.5 Å². The molecule has 5 nitrogen and oxygen atoms in total. The fourth-order valence-corrected chi connectivity index (χ4v) is 1.64. The molecule has 0 saturated carbocycles. The maximum atomic E-state index is 11.8. The van der Waals surface area contributed by atoms with Crippen molar-refractivity contribution < 1.29 is 19.1 Å². The minimum absolute atomic E-state index is 0.000213. The van der Waals surface area contributed by atoms with Crippen LogP contribution in [0.1, 0.15) is 13.3 Å². The molecule has 1 heterocycles. The van der Waals surface area contributed by atoms with E-state index in [0.29, 0.717) is 6.61 Å². The molecule has 2 unspecified atom stereocenters. The Hall–Kier alpha value is -1.10. The van der Waals surface area contributed by atoms with Gasteiger partial charge in [-0.15, -0.1) is 0 Å². The second kappa shape index (κ2) is 5.11. The number of carbonyl (C=O) groups excluding carboxylic acids is 2. The summed E-state index contributed by atoms with van der Waals surface area (Å²) in [6, 6.07) is 0. The highest BCUT2D eigenvalue weighted by Gasteiger charge is 2.30. The van der Waals surface area contributed by atoms with Crippen LogP contribution in [-0.4, -0.2) is 50.2 Å². The second-order valence-electron chi connectivity index (χ2n) is 3.85. The number of hydrogen-bond donors (Lipinski definition) is 0. The van der Waals surface area contributed by atoms with Crippen LogP contribution in [0.3, 0.4) is 0 Å². The van der Waals surface area contributed by atoms with Crippen LogP contribution in [0.2, 0.25) is 0 Å². The molecule has 86 valence electrons. The van der Waals surface area contributed by atoms with E-state index in [2.05, 4.69) is 4.74 Å². The quantitative estimate of drug-likeness (QED) is 0.624. The third-order valence-electron chi connectivity index (χ3n) is 2.52. The summed E-state index contributed by atoms with van der Waals surface area (Å²) in [6.07, 6.45) is 0.857.